The smallest absolute Gasteiger partial charge is 0.0296 e. The fourth-order valence-corrected chi connectivity index (χ4v) is 3.57. The molecule has 0 radical (unpaired) electrons. The average molecular weight is 267 g/mol. The van der Waals surface area contributed by atoms with E-state index >= 15 is 0 Å². The standard InChI is InChI=1S/C16H33N3/c1-5-14(17)15(16(2,3)4)19-10-8-18(9-11-19)12-13-6-7-13/h13-15H,5-12,17H2,1-4H3. The van der Waals surface area contributed by atoms with Gasteiger partial charge in [0.25, 0.3) is 0 Å². The summed E-state index contributed by atoms with van der Waals surface area (Å²) in [5.74, 6) is 1.02. The predicted molar refractivity (Wildman–Crippen MR) is 82.2 cm³/mol. The van der Waals surface area contributed by atoms with Crippen LogP contribution in [-0.4, -0.2) is 54.6 Å². The molecule has 0 aromatic rings. The Morgan fingerprint density at radius 1 is 1.11 bits per heavy atom. The summed E-state index contributed by atoms with van der Waals surface area (Å²) >= 11 is 0. The van der Waals surface area contributed by atoms with Crippen LogP contribution in [-0.2, 0) is 0 Å². The second kappa shape index (κ2) is 6.11. The normalized spacial score (nSPS) is 26.4. The van der Waals surface area contributed by atoms with E-state index < -0.39 is 0 Å². The van der Waals surface area contributed by atoms with Crippen LogP contribution in [0.2, 0.25) is 0 Å². The zero-order valence-corrected chi connectivity index (χ0v) is 13.4. The quantitative estimate of drug-likeness (QED) is 0.828. The highest BCUT2D eigenvalue weighted by molar-refractivity contribution is 4.93. The monoisotopic (exact) mass is 267 g/mol. The van der Waals surface area contributed by atoms with Crippen molar-refractivity contribution in [1.29, 1.82) is 0 Å². The van der Waals surface area contributed by atoms with Gasteiger partial charge in [0.2, 0.25) is 0 Å². The molecule has 0 aromatic carbocycles. The molecule has 2 aliphatic rings. The van der Waals surface area contributed by atoms with E-state index in [2.05, 4.69) is 37.5 Å². The zero-order valence-electron chi connectivity index (χ0n) is 13.4. The second-order valence-electron chi connectivity index (χ2n) is 7.66. The van der Waals surface area contributed by atoms with E-state index in [-0.39, 0.29) is 5.41 Å². The lowest BCUT2D eigenvalue weighted by Crippen LogP contribution is -2.59. The van der Waals surface area contributed by atoms with E-state index in [9.17, 15) is 0 Å². The minimum Gasteiger partial charge on any atom is -0.326 e. The van der Waals surface area contributed by atoms with Crippen LogP contribution in [0.5, 0.6) is 0 Å². The Kier molecular flexibility index (Phi) is 4.91. The Hall–Kier alpha value is -0.120. The summed E-state index contributed by atoms with van der Waals surface area (Å²) < 4.78 is 0. The molecule has 1 saturated heterocycles. The SMILES string of the molecule is CCC(N)C(N1CCN(CC2CC2)CC1)C(C)(C)C. The minimum atomic E-state index is 0.272. The molecule has 1 saturated carbocycles. The lowest BCUT2D eigenvalue weighted by Gasteiger charge is -2.47. The van der Waals surface area contributed by atoms with Gasteiger partial charge in [0.05, 0.1) is 0 Å². The molecular formula is C16H33N3. The van der Waals surface area contributed by atoms with Crippen molar-refractivity contribution in [2.75, 3.05) is 32.7 Å². The Morgan fingerprint density at radius 2 is 1.68 bits per heavy atom. The van der Waals surface area contributed by atoms with Crippen molar-refractivity contribution in [3.05, 3.63) is 0 Å². The van der Waals surface area contributed by atoms with E-state index in [1.54, 1.807) is 0 Å². The van der Waals surface area contributed by atoms with Crippen molar-refractivity contribution in [2.45, 2.75) is 59.0 Å². The van der Waals surface area contributed by atoms with Crippen molar-refractivity contribution in [3.63, 3.8) is 0 Å². The fraction of sp³-hybridized carbons (Fsp3) is 1.00. The Labute approximate surface area is 119 Å². The van der Waals surface area contributed by atoms with E-state index in [1.165, 1.54) is 45.6 Å². The van der Waals surface area contributed by atoms with E-state index in [0.29, 0.717) is 12.1 Å². The first kappa shape index (κ1) is 15.3. The van der Waals surface area contributed by atoms with Crippen molar-refractivity contribution < 1.29 is 0 Å². The molecule has 0 amide bonds. The van der Waals surface area contributed by atoms with Crippen molar-refractivity contribution in [2.24, 2.45) is 17.1 Å². The van der Waals surface area contributed by atoms with Crippen molar-refractivity contribution in [1.82, 2.24) is 9.80 Å². The lowest BCUT2D eigenvalue weighted by molar-refractivity contribution is 0.0298. The van der Waals surface area contributed by atoms with Gasteiger partial charge in [-0.05, 0) is 30.6 Å². The van der Waals surface area contributed by atoms with Crippen LogP contribution >= 0.6 is 0 Å². The average Bonchev–Trinajstić information content (AvgIpc) is 3.13. The van der Waals surface area contributed by atoms with E-state index in [0.717, 1.165) is 12.3 Å². The number of hydrogen-bond donors (Lipinski definition) is 1. The Morgan fingerprint density at radius 3 is 2.11 bits per heavy atom. The van der Waals surface area contributed by atoms with Gasteiger partial charge in [-0.25, -0.2) is 0 Å². The lowest BCUT2D eigenvalue weighted by atomic mass is 9.80. The zero-order chi connectivity index (χ0) is 14.0. The molecule has 2 rings (SSSR count). The number of hydrogen-bond acceptors (Lipinski definition) is 3. The molecule has 2 unspecified atom stereocenters. The van der Waals surface area contributed by atoms with Gasteiger partial charge in [-0.15, -0.1) is 0 Å². The van der Waals surface area contributed by atoms with Crippen molar-refractivity contribution in [3.8, 4) is 0 Å². The fourth-order valence-electron chi connectivity index (χ4n) is 3.57. The first-order valence-corrected chi connectivity index (χ1v) is 8.13. The van der Waals surface area contributed by atoms with Gasteiger partial charge in [-0.2, -0.15) is 0 Å². The summed E-state index contributed by atoms with van der Waals surface area (Å²) in [5.41, 5.74) is 6.68. The summed E-state index contributed by atoms with van der Waals surface area (Å²) in [6.45, 7) is 15.4. The van der Waals surface area contributed by atoms with Crippen LogP contribution in [0.15, 0.2) is 0 Å². The van der Waals surface area contributed by atoms with Gasteiger partial charge in [0, 0.05) is 44.8 Å². The number of piperazine rings is 1. The Bertz CT molecular complexity index is 272. The Balaban J connectivity index is 1.88. The molecule has 0 bridgehead atoms. The first-order valence-electron chi connectivity index (χ1n) is 8.13. The van der Waals surface area contributed by atoms with Crippen LogP contribution in [0, 0.1) is 11.3 Å². The van der Waals surface area contributed by atoms with Gasteiger partial charge in [0.1, 0.15) is 0 Å². The highest BCUT2D eigenvalue weighted by Gasteiger charge is 2.36. The van der Waals surface area contributed by atoms with Crippen LogP contribution < -0.4 is 5.73 Å². The van der Waals surface area contributed by atoms with Crippen LogP contribution in [0.3, 0.4) is 0 Å². The molecule has 2 atom stereocenters. The molecule has 0 spiro atoms. The third-order valence-corrected chi connectivity index (χ3v) is 4.78. The molecule has 3 nitrogen and oxygen atoms in total. The maximum absolute atomic E-state index is 6.40. The third kappa shape index (κ3) is 4.17. The largest absolute Gasteiger partial charge is 0.326 e. The van der Waals surface area contributed by atoms with Crippen molar-refractivity contribution >= 4 is 0 Å². The van der Waals surface area contributed by atoms with Crippen LogP contribution in [0.25, 0.3) is 0 Å². The molecule has 1 heterocycles. The number of nitrogens with two attached hydrogens (primary N) is 1. The number of nitrogens with zero attached hydrogens (tertiary/aromatic N) is 2. The summed E-state index contributed by atoms with van der Waals surface area (Å²) in [4.78, 5) is 5.31. The van der Waals surface area contributed by atoms with Gasteiger partial charge in [0.15, 0.2) is 0 Å². The van der Waals surface area contributed by atoms with Gasteiger partial charge in [-0.1, -0.05) is 27.7 Å². The first-order chi connectivity index (χ1) is 8.91. The van der Waals surface area contributed by atoms with Gasteiger partial charge < -0.3 is 10.6 Å². The molecule has 2 N–H and O–H groups in total. The maximum atomic E-state index is 6.40. The molecule has 0 aromatic heterocycles. The maximum Gasteiger partial charge on any atom is 0.0296 e. The third-order valence-electron chi connectivity index (χ3n) is 4.78. The molecular weight excluding hydrogens is 234 g/mol. The summed E-state index contributed by atoms with van der Waals surface area (Å²) in [7, 11) is 0. The van der Waals surface area contributed by atoms with Gasteiger partial charge in [-0.3, -0.25) is 4.90 Å². The number of rotatable bonds is 5. The topological polar surface area (TPSA) is 32.5 Å². The summed E-state index contributed by atoms with van der Waals surface area (Å²) in [6, 6.07) is 0.815. The summed E-state index contributed by atoms with van der Waals surface area (Å²) in [6.07, 6.45) is 4.00. The van der Waals surface area contributed by atoms with Crippen LogP contribution in [0.1, 0.15) is 47.0 Å². The molecule has 3 heteroatoms. The van der Waals surface area contributed by atoms with Gasteiger partial charge >= 0.3 is 0 Å². The van der Waals surface area contributed by atoms with E-state index in [4.69, 9.17) is 5.73 Å². The second-order valence-corrected chi connectivity index (χ2v) is 7.66. The van der Waals surface area contributed by atoms with E-state index in [1.807, 2.05) is 0 Å². The molecule has 112 valence electrons. The molecule has 1 aliphatic heterocycles. The molecule has 1 aliphatic carbocycles. The molecule has 19 heavy (non-hydrogen) atoms. The minimum absolute atomic E-state index is 0.272. The highest BCUT2D eigenvalue weighted by atomic mass is 15.3. The predicted octanol–water partition coefficient (Wildman–Crippen LogP) is 2.17. The molecule has 2 fully saturated rings. The summed E-state index contributed by atoms with van der Waals surface area (Å²) in [5, 5.41) is 0. The van der Waals surface area contributed by atoms with Crippen LogP contribution in [0.4, 0.5) is 0 Å². The highest BCUT2D eigenvalue weighted by Crippen LogP contribution is 2.31.